The van der Waals surface area contributed by atoms with Gasteiger partial charge in [0.05, 0.1) is 5.56 Å². The molecule has 6 heteroatoms. The maximum atomic E-state index is 13.9. The van der Waals surface area contributed by atoms with Gasteiger partial charge in [-0.15, -0.1) is 0 Å². The zero-order valence-electron chi connectivity index (χ0n) is 12.4. The van der Waals surface area contributed by atoms with Gasteiger partial charge in [-0.1, -0.05) is 19.1 Å². The van der Waals surface area contributed by atoms with Crippen molar-refractivity contribution in [1.82, 2.24) is 9.88 Å². The molecule has 0 bridgehead atoms. The number of rotatable bonds is 3. The van der Waals surface area contributed by atoms with Crippen molar-refractivity contribution in [3.05, 3.63) is 35.8 Å². The van der Waals surface area contributed by atoms with E-state index in [2.05, 4.69) is 16.8 Å². The Labute approximate surface area is 128 Å². The van der Waals surface area contributed by atoms with Crippen LogP contribution in [0.3, 0.4) is 0 Å². The normalized spacial score (nSPS) is 15.8. The lowest BCUT2D eigenvalue weighted by atomic mass is 10.2. The molecule has 22 heavy (non-hydrogen) atoms. The molecule has 0 unspecified atom stereocenters. The lowest BCUT2D eigenvalue weighted by Crippen LogP contribution is -2.46. The molecular formula is C16H17FN4O. The lowest BCUT2D eigenvalue weighted by molar-refractivity contribution is 0.266. The molecule has 0 radical (unpaired) electrons. The Bertz CT molecular complexity index is 698. The molecule has 1 saturated heterocycles. The molecule has 1 fully saturated rings. The Kier molecular flexibility index (Phi) is 4.07. The Morgan fingerprint density at radius 2 is 2.00 bits per heavy atom. The van der Waals surface area contributed by atoms with Crippen molar-refractivity contribution in [3.8, 4) is 17.5 Å². The molecule has 1 aromatic carbocycles. The fourth-order valence-electron chi connectivity index (χ4n) is 2.62. The molecular weight excluding hydrogens is 283 g/mol. The molecule has 0 spiro atoms. The summed E-state index contributed by atoms with van der Waals surface area (Å²) < 4.78 is 19.6. The summed E-state index contributed by atoms with van der Waals surface area (Å²) in [7, 11) is 0. The van der Waals surface area contributed by atoms with Gasteiger partial charge in [-0.2, -0.15) is 10.2 Å². The summed E-state index contributed by atoms with van der Waals surface area (Å²) in [6.45, 7) is 6.51. The van der Waals surface area contributed by atoms with Crippen LogP contribution < -0.4 is 4.90 Å². The molecule has 1 aliphatic heterocycles. The van der Waals surface area contributed by atoms with Crippen LogP contribution in [0.2, 0.25) is 0 Å². The van der Waals surface area contributed by atoms with E-state index in [-0.39, 0.29) is 17.1 Å². The number of halogens is 1. The first kappa shape index (κ1) is 14.5. The average molecular weight is 300 g/mol. The van der Waals surface area contributed by atoms with Crippen LogP contribution in [-0.4, -0.2) is 42.6 Å². The maximum Gasteiger partial charge on any atom is 0.235 e. The fourth-order valence-corrected chi connectivity index (χ4v) is 2.62. The van der Waals surface area contributed by atoms with Gasteiger partial charge >= 0.3 is 0 Å². The summed E-state index contributed by atoms with van der Waals surface area (Å²) in [6, 6.07) is 8.32. The van der Waals surface area contributed by atoms with E-state index in [9.17, 15) is 9.65 Å². The van der Waals surface area contributed by atoms with Crippen molar-refractivity contribution in [3.63, 3.8) is 0 Å². The van der Waals surface area contributed by atoms with Crippen LogP contribution in [0.5, 0.6) is 0 Å². The van der Waals surface area contributed by atoms with Gasteiger partial charge in [0.15, 0.2) is 0 Å². The molecule has 1 aromatic heterocycles. The number of aromatic nitrogens is 1. The van der Waals surface area contributed by atoms with Crippen LogP contribution in [0.1, 0.15) is 12.6 Å². The van der Waals surface area contributed by atoms with Crippen molar-refractivity contribution < 1.29 is 8.81 Å². The highest BCUT2D eigenvalue weighted by molar-refractivity contribution is 5.60. The van der Waals surface area contributed by atoms with Crippen LogP contribution in [0.25, 0.3) is 11.5 Å². The number of oxazole rings is 1. The van der Waals surface area contributed by atoms with Crippen LogP contribution in [-0.2, 0) is 0 Å². The zero-order valence-corrected chi connectivity index (χ0v) is 12.4. The highest BCUT2D eigenvalue weighted by Gasteiger charge is 2.24. The number of likely N-dealkylation sites (N-methyl/N-ethyl adjacent to an activating group) is 1. The molecule has 0 saturated carbocycles. The van der Waals surface area contributed by atoms with Crippen molar-refractivity contribution in [1.29, 1.82) is 5.26 Å². The number of nitriles is 1. The van der Waals surface area contributed by atoms with Gasteiger partial charge in [-0.05, 0) is 18.7 Å². The second-order valence-corrected chi connectivity index (χ2v) is 5.19. The number of hydrogen-bond donors (Lipinski definition) is 0. The van der Waals surface area contributed by atoms with Crippen LogP contribution in [0.4, 0.5) is 10.3 Å². The smallest absolute Gasteiger partial charge is 0.235 e. The first-order chi connectivity index (χ1) is 10.7. The predicted octanol–water partition coefficient (Wildman–Crippen LogP) is 2.49. The zero-order chi connectivity index (χ0) is 15.5. The number of anilines is 1. The van der Waals surface area contributed by atoms with E-state index in [4.69, 9.17) is 4.42 Å². The largest absolute Gasteiger partial charge is 0.419 e. The number of nitrogens with zero attached hydrogens (tertiary/aromatic N) is 4. The molecule has 1 aliphatic rings. The average Bonchev–Trinajstić information content (AvgIpc) is 2.99. The molecule has 0 atom stereocenters. The van der Waals surface area contributed by atoms with Gasteiger partial charge < -0.3 is 14.2 Å². The minimum atomic E-state index is -0.407. The van der Waals surface area contributed by atoms with E-state index in [1.165, 1.54) is 6.07 Å². The van der Waals surface area contributed by atoms with Crippen molar-refractivity contribution in [2.45, 2.75) is 6.92 Å². The lowest BCUT2D eigenvalue weighted by Gasteiger charge is -2.33. The van der Waals surface area contributed by atoms with Gasteiger partial charge in [0, 0.05) is 26.2 Å². The fraction of sp³-hybridized carbons (Fsp3) is 0.375. The van der Waals surface area contributed by atoms with E-state index in [1.54, 1.807) is 18.2 Å². The topological polar surface area (TPSA) is 56.3 Å². The van der Waals surface area contributed by atoms with Crippen LogP contribution in [0.15, 0.2) is 28.7 Å². The van der Waals surface area contributed by atoms with Crippen LogP contribution >= 0.6 is 0 Å². The second kappa shape index (κ2) is 6.16. The Morgan fingerprint density at radius 3 is 2.64 bits per heavy atom. The quantitative estimate of drug-likeness (QED) is 0.871. The molecule has 3 rings (SSSR count). The molecule has 2 aromatic rings. The minimum Gasteiger partial charge on any atom is -0.419 e. The monoisotopic (exact) mass is 300 g/mol. The molecule has 0 aliphatic carbocycles. The van der Waals surface area contributed by atoms with Crippen molar-refractivity contribution in [2.24, 2.45) is 0 Å². The van der Waals surface area contributed by atoms with E-state index in [1.807, 2.05) is 11.0 Å². The third-order valence-electron chi connectivity index (χ3n) is 3.93. The SMILES string of the molecule is CCN1CCN(c2oc(-c3ccccc3F)nc2C#N)CC1. The van der Waals surface area contributed by atoms with Crippen LogP contribution in [0, 0.1) is 17.1 Å². The van der Waals surface area contributed by atoms with Crippen molar-refractivity contribution in [2.75, 3.05) is 37.6 Å². The third kappa shape index (κ3) is 2.68. The van der Waals surface area contributed by atoms with Crippen molar-refractivity contribution >= 4 is 5.88 Å². The standard InChI is InChI=1S/C16H17FN4O/c1-2-20-7-9-21(10-8-20)16-14(11-18)19-15(22-16)12-5-3-4-6-13(12)17/h3-6H,2,7-10H2,1H3. The Morgan fingerprint density at radius 1 is 1.27 bits per heavy atom. The van der Waals surface area contributed by atoms with Gasteiger partial charge in [0.2, 0.25) is 17.5 Å². The molecule has 2 heterocycles. The van der Waals surface area contributed by atoms with E-state index in [0.717, 1.165) is 32.7 Å². The van der Waals surface area contributed by atoms with Gasteiger partial charge in [0.1, 0.15) is 11.9 Å². The second-order valence-electron chi connectivity index (χ2n) is 5.19. The van der Waals surface area contributed by atoms with Gasteiger partial charge in [-0.3, -0.25) is 0 Å². The van der Waals surface area contributed by atoms with E-state index < -0.39 is 5.82 Å². The maximum absolute atomic E-state index is 13.9. The number of benzene rings is 1. The summed E-state index contributed by atoms with van der Waals surface area (Å²) in [5, 5.41) is 9.27. The third-order valence-corrected chi connectivity index (χ3v) is 3.93. The summed E-state index contributed by atoms with van der Waals surface area (Å²) in [5.74, 6) is 0.190. The van der Waals surface area contributed by atoms with E-state index >= 15 is 0 Å². The molecule has 0 N–H and O–H groups in total. The molecule has 114 valence electrons. The van der Waals surface area contributed by atoms with E-state index in [0.29, 0.717) is 5.88 Å². The van der Waals surface area contributed by atoms with Gasteiger partial charge in [0.25, 0.3) is 0 Å². The number of hydrogen-bond acceptors (Lipinski definition) is 5. The first-order valence-electron chi connectivity index (χ1n) is 7.36. The highest BCUT2D eigenvalue weighted by Crippen LogP contribution is 2.30. The Hall–Kier alpha value is -2.39. The Balaban J connectivity index is 1.90. The summed E-state index contributed by atoms with van der Waals surface area (Å²) >= 11 is 0. The highest BCUT2D eigenvalue weighted by atomic mass is 19.1. The summed E-state index contributed by atoms with van der Waals surface area (Å²) in [6.07, 6.45) is 0. The summed E-state index contributed by atoms with van der Waals surface area (Å²) in [5.41, 5.74) is 0.487. The van der Waals surface area contributed by atoms with Gasteiger partial charge in [-0.25, -0.2) is 4.39 Å². The number of piperazine rings is 1. The molecule has 0 amide bonds. The molecule has 5 nitrogen and oxygen atoms in total. The summed E-state index contributed by atoms with van der Waals surface area (Å²) in [4.78, 5) is 8.48. The first-order valence-corrected chi connectivity index (χ1v) is 7.36. The minimum absolute atomic E-state index is 0.155. The predicted molar refractivity (Wildman–Crippen MR) is 80.9 cm³/mol.